The van der Waals surface area contributed by atoms with Gasteiger partial charge in [-0.2, -0.15) is 0 Å². The zero-order chi connectivity index (χ0) is 16.0. The number of carbonyl (C=O) groups excluding carboxylic acids is 1. The molecule has 0 aliphatic heterocycles. The van der Waals surface area contributed by atoms with E-state index < -0.39 is 23.7 Å². The molecule has 0 heterocycles. The summed E-state index contributed by atoms with van der Waals surface area (Å²) in [6, 6.07) is 5.45. The second-order valence-electron chi connectivity index (χ2n) is 5.39. The molecule has 0 aromatic heterocycles. The second-order valence-corrected chi connectivity index (χ2v) is 5.39. The Balaban J connectivity index is 2.98. The van der Waals surface area contributed by atoms with E-state index in [0.29, 0.717) is 17.9 Å². The van der Waals surface area contributed by atoms with Crippen molar-refractivity contribution in [2.45, 2.75) is 39.3 Å². The van der Waals surface area contributed by atoms with E-state index in [1.807, 2.05) is 0 Å². The topological polar surface area (TPSA) is 84.9 Å². The van der Waals surface area contributed by atoms with Crippen molar-refractivity contribution in [3.63, 3.8) is 0 Å². The van der Waals surface area contributed by atoms with E-state index in [1.165, 1.54) is 0 Å². The Morgan fingerprint density at radius 3 is 2.43 bits per heavy atom. The minimum atomic E-state index is -1.23. The van der Waals surface area contributed by atoms with Crippen LogP contribution in [0.1, 0.15) is 39.3 Å². The molecule has 6 nitrogen and oxygen atoms in total. The van der Waals surface area contributed by atoms with Crippen molar-refractivity contribution in [3.8, 4) is 5.75 Å². The molecule has 0 saturated heterocycles. The fraction of sp³-hybridized carbons (Fsp3) is 0.467. The molecule has 1 unspecified atom stereocenters. The minimum Gasteiger partial charge on any atom is -0.493 e. The molecule has 0 fully saturated rings. The van der Waals surface area contributed by atoms with Crippen LogP contribution < -0.4 is 10.1 Å². The van der Waals surface area contributed by atoms with Crippen LogP contribution in [0.2, 0.25) is 0 Å². The smallest absolute Gasteiger partial charge is 0.408 e. The molecule has 2 N–H and O–H groups in total. The zero-order valence-corrected chi connectivity index (χ0v) is 12.7. The number of hydrogen-bond donors (Lipinski definition) is 2. The van der Waals surface area contributed by atoms with Gasteiger partial charge in [0, 0.05) is 5.56 Å². The van der Waals surface area contributed by atoms with Crippen LogP contribution in [0.4, 0.5) is 4.79 Å². The first-order valence-electron chi connectivity index (χ1n) is 6.68. The van der Waals surface area contributed by atoms with Crippen LogP contribution in [-0.2, 0) is 9.53 Å². The SMILES string of the molecule is CCOc1ccccc1C(NC(=O)OC(C)(C)C)C(=O)O. The molecule has 0 bridgehead atoms. The Bertz CT molecular complexity index is 507. The summed E-state index contributed by atoms with van der Waals surface area (Å²) in [4.78, 5) is 23.2. The Morgan fingerprint density at radius 2 is 1.90 bits per heavy atom. The molecular weight excluding hydrogens is 274 g/mol. The Morgan fingerprint density at radius 1 is 1.29 bits per heavy atom. The van der Waals surface area contributed by atoms with Crippen LogP contribution in [0.15, 0.2) is 24.3 Å². The van der Waals surface area contributed by atoms with Gasteiger partial charge in [0.25, 0.3) is 0 Å². The van der Waals surface area contributed by atoms with Gasteiger partial charge in [-0.05, 0) is 33.8 Å². The molecule has 0 spiro atoms. The first kappa shape index (κ1) is 16.8. The Kier molecular flexibility index (Phi) is 5.58. The largest absolute Gasteiger partial charge is 0.493 e. The summed E-state index contributed by atoms with van der Waals surface area (Å²) in [7, 11) is 0. The third-order valence-corrected chi connectivity index (χ3v) is 2.44. The fourth-order valence-electron chi connectivity index (χ4n) is 1.70. The predicted octanol–water partition coefficient (Wildman–Crippen LogP) is 2.74. The maximum Gasteiger partial charge on any atom is 0.408 e. The summed E-state index contributed by atoms with van der Waals surface area (Å²) in [5.74, 6) is -0.767. The van der Waals surface area contributed by atoms with Gasteiger partial charge in [-0.3, -0.25) is 0 Å². The van der Waals surface area contributed by atoms with E-state index in [-0.39, 0.29) is 0 Å². The Hall–Kier alpha value is -2.24. The molecule has 21 heavy (non-hydrogen) atoms. The third-order valence-electron chi connectivity index (χ3n) is 2.44. The number of alkyl carbamates (subject to hydrolysis) is 1. The highest BCUT2D eigenvalue weighted by molar-refractivity contribution is 5.82. The van der Waals surface area contributed by atoms with Crippen LogP contribution >= 0.6 is 0 Å². The molecule has 1 amide bonds. The van der Waals surface area contributed by atoms with Crippen molar-refractivity contribution in [3.05, 3.63) is 29.8 Å². The number of amides is 1. The van der Waals surface area contributed by atoms with E-state index in [2.05, 4.69) is 5.32 Å². The molecule has 1 aromatic carbocycles. The van der Waals surface area contributed by atoms with Gasteiger partial charge < -0.3 is 19.9 Å². The molecule has 1 rings (SSSR count). The minimum absolute atomic E-state index is 0.373. The van der Waals surface area contributed by atoms with Gasteiger partial charge in [-0.15, -0.1) is 0 Å². The third kappa shape index (κ3) is 5.33. The molecule has 0 aliphatic carbocycles. The normalized spacial score (nSPS) is 12.4. The monoisotopic (exact) mass is 295 g/mol. The average Bonchev–Trinajstić information content (AvgIpc) is 2.35. The lowest BCUT2D eigenvalue weighted by Crippen LogP contribution is -2.38. The molecule has 6 heteroatoms. The number of nitrogens with one attached hydrogen (secondary N) is 1. The lowest BCUT2D eigenvalue weighted by atomic mass is 10.1. The van der Waals surface area contributed by atoms with Gasteiger partial charge in [-0.25, -0.2) is 9.59 Å². The zero-order valence-electron chi connectivity index (χ0n) is 12.7. The van der Waals surface area contributed by atoms with Crippen molar-refractivity contribution in [2.75, 3.05) is 6.61 Å². The lowest BCUT2D eigenvalue weighted by molar-refractivity contribution is -0.139. The summed E-state index contributed by atoms with van der Waals surface area (Å²) >= 11 is 0. The highest BCUT2D eigenvalue weighted by atomic mass is 16.6. The van der Waals surface area contributed by atoms with Crippen LogP contribution in [-0.4, -0.2) is 29.4 Å². The number of carbonyl (C=O) groups is 2. The number of hydrogen-bond acceptors (Lipinski definition) is 4. The van der Waals surface area contributed by atoms with E-state index in [0.717, 1.165) is 0 Å². The number of ether oxygens (including phenoxy) is 2. The summed E-state index contributed by atoms with van der Waals surface area (Å²) in [6.07, 6.45) is -0.791. The number of para-hydroxylation sites is 1. The van der Waals surface area contributed by atoms with Gasteiger partial charge in [0.05, 0.1) is 6.61 Å². The highest BCUT2D eigenvalue weighted by Crippen LogP contribution is 2.25. The van der Waals surface area contributed by atoms with Crippen LogP contribution in [0.5, 0.6) is 5.75 Å². The lowest BCUT2D eigenvalue weighted by Gasteiger charge is -2.23. The van der Waals surface area contributed by atoms with Crippen molar-refractivity contribution >= 4 is 12.1 Å². The number of aliphatic carboxylic acids is 1. The van der Waals surface area contributed by atoms with Crippen molar-refractivity contribution in [1.82, 2.24) is 5.32 Å². The molecule has 0 radical (unpaired) electrons. The summed E-state index contributed by atoms with van der Waals surface area (Å²) in [5.41, 5.74) is -0.329. The number of benzene rings is 1. The maximum absolute atomic E-state index is 11.8. The number of carboxylic acid groups (broad SMARTS) is 1. The van der Waals surface area contributed by atoms with Crippen molar-refractivity contribution < 1.29 is 24.2 Å². The van der Waals surface area contributed by atoms with Crippen molar-refractivity contribution in [2.24, 2.45) is 0 Å². The molecule has 1 aromatic rings. The molecule has 0 saturated carbocycles. The number of carboxylic acids is 1. The maximum atomic E-state index is 11.8. The van der Waals surface area contributed by atoms with Gasteiger partial charge in [0.2, 0.25) is 0 Å². The second kappa shape index (κ2) is 6.97. The van der Waals surface area contributed by atoms with Crippen molar-refractivity contribution in [1.29, 1.82) is 0 Å². The molecule has 1 atom stereocenters. The van der Waals surface area contributed by atoms with Gasteiger partial charge in [0.1, 0.15) is 11.4 Å². The van der Waals surface area contributed by atoms with Gasteiger partial charge in [-0.1, -0.05) is 18.2 Å². The quantitative estimate of drug-likeness (QED) is 0.872. The molecule has 116 valence electrons. The average molecular weight is 295 g/mol. The van der Waals surface area contributed by atoms with Crippen LogP contribution in [0, 0.1) is 0 Å². The van der Waals surface area contributed by atoms with E-state index in [4.69, 9.17) is 9.47 Å². The van der Waals surface area contributed by atoms with E-state index in [1.54, 1.807) is 52.0 Å². The predicted molar refractivity (Wildman–Crippen MR) is 77.4 cm³/mol. The Labute approximate surface area is 124 Å². The molecular formula is C15H21NO5. The highest BCUT2D eigenvalue weighted by Gasteiger charge is 2.27. The molecule has 0 aliphatic rings. The van der Waals surface area contributed by atoms with Gasteiger partial charge >= 0.3 is 12.1 Å². The first-order valence-corrected chi connectivity index (χ1v) is 6.68. The summed E-state index contributed by atoms with van der Waals surface area (Å²) < 4.78 is 10.5. The van der Waals surface area contributed by atoms with E-state index >= 15 is 0 Å². The van der Waals surface area contributed by atoms with Crippen LogP contribution in [0.25, 0.3) is 0 Å². The standard InChI is InChI=1S/C15H21NO5/c1-5-20-11-9-7-6-8-10(11)12(13(17)18)16-14(19)21-15(2,3)4/h6-9,12H,5H2,1-4H3,(H,16,19)(H,17,18). The summed E-state index contributed by atoms with van der Waals surface area (Å²) in [5, 5.41) is 11.7. The fourth-order valence-corrected chi connectivity index (χ4v) is 1.70. The summed E-state index contributed by atoms with van der Waals surface area (Å²) in [6.45, 7) is 7.31. The number of rotatable bonds is 5. The van der Waals surface area contributed by atoms with Crippen LogP contribution in [0.3, 0.4) is 0 Å². The first-order chi connectivity index (χ1) is 9.74. The van der Waals surface area contributed by atoms with E-state index in [9.17, 15) is 14.7 Å². The van der Waals surface area contributed by atoms with Gasteiger partial charge in [0.15, 0.2) is 6.04 Å².